The standard InChI is InChI=1S/C19H21BrN2O2.ClH/c20-17-11-16(22-19(23)14-6-7-15(21)10-14)8-9-18(17)24-12-13-4-2-1-3-5-13;/h1-5,8-9,11,14-15H,6-7,10,12,21H2,(H,22,23);1H. The number of nitrogens with two attached hydrogens (primary N) is 1. The van der Waals surface area contributed by atoms with Gasteiger partial charge in [-0.25, -0.2) is 0 Å². The van der Waals surface area contributed by atoms with E-state index < -0.39 is 0 Å². The van der Waals surface area contributed by atoms with Crippen molar-refractivity contribution in [3.05, 3.63) is 58.6 Å². The zero-order valence-corrected chi connectivity index (χ0v) is 16.2. The van der Waals surface area contributed by atoms with Gasteiger partial charge in [0, 0.05) is 17.6 Å². The highest BCUT2D eigenvalue weighted by atomic mass is 79.9. The van der Waals surface area contributed by atoms with Crippen LogP contribution < -0.4 is 15.8 Å². The van der Waals surface area contributed by atoms with Crippen molar-refractivity contribution < 1.29 is 9.53 Å². The Morgan fingerprint density at radius 1 is 1.20 bits per heavy atom. The second kappa shape index (κ2) is 9.22. The lowest BCUT2D eigenvalue weighted by atomic mass is 10.1. The van der Waals surface area contributed by atoms with Crippen molar-refractivity contribution in [3.8, 4) is 5.75 Å². The number of halogens is 2. The fraction of sp³-hybridized carbons (Fsp3) is 0.316. The highest BCUT2D eigenvalue weighted by Gasteiger charge is 2.27. The summed E-state index contributed by atoms with van der Waals surface area (Å²) in [4.78, 5) is 12.3. The third-order valence-electron chi connectivity index (χ3n) is 4.28. The lowest BCUT2D eigenvalue weighted by Gasteiger charge is -2.13. The first-order valence-corrected chi connectivity index (χ1v) is 8.94. The second-order valence-corrected chi connectivity index (χ2v) is 7.03. The summed E-state index contributed by atoms with van der Waals surface area (Å²) in [6.45, 7) is 0.505. The van der Waals surface area contributed by atoms with E-state index >= 15 is 0 Å². The van der Waals surface area contributed by atoms with Gasteiger partial charge in [-0.2, -0.15) is 0 Å². The normalized spacial score (nSPS) is 19.1. The molecular weight excluding hydrogens is 404 g/mol. The van der Waals surface area contributed by atoms with Gasteiger partial charge < -0.3 is 15.8 Å². The zero-order valence-electron chi connectivity index (χ0n) is 13.8. The summed E-state index contributed by atoms with van der Waals surface area (Å²) in [5.74, 6) is 0.820. The van der Waals surface area contributed by atoms with Crippen molar-refractivity contribution in [2.24, 2.45) is 11.7 Å². The van der Waals surface area contributed by atoms with Gasteiger partial charge in [0.05, 0.1) is 4.47 Å². The molecular formula is C19H22BrClN2O2. The Balaban J connectivity index is 0.00000225. The van der Waals surface area contributed by atoms with Gasteiger partial charge in [-0.15, -0.1) is 12.4 Å². The average molecular weight is 426 g/mol. The Morgan fingerprint density at radius 3 is 2.60 bits per heavy atom. The smallest absolute Gasteiger partial charge is 0.227 e. The lowest BCUT2D eigenvalue weighted by Crippen LogP contribution is -2.23. The molecule has 0 heterocycles. The Hall–Kier alpha value is -1.56. The van der Waals surface area contributed by atoms with Crippen molar-refractivity contribution in [1.29, 1.82) is 0 Å². The van der Waals surface area contributed by atoms with Gasteiger partial charge in [-0.1, -0.05) is 30.3 Å². The van der Waals surface area contributed by atoms with E-state index in [1.54, 1.807) is 0 Å². The molecule has 0 saturated heterocycles. The van der Waals surface area contributed by atoms with Crippen molar-refractivity contribution >= 4 is 39.9 Å². The van der Waals surface area contributed by atoms with E-state index in [0.29, 0.717) is 6.61 Å². The van der Waals surface area contributed by atoms with Gasteiger partial charge >= 0.3 is 0 Å². The molecule has 2 atom stereocenters. The number of amides is 1. The van der Waals surface area contributed by atoms with E-state index in [1.165, 1.54) is 0 Å². The van der Waals surface area contributed by atoms with Crippen LogP contribution >= 0.6 is 28.3 Å². The van der Waals surface area contributed by atoms with Gasteiger partial charge in [0.15, 0.2) is 0 Å². The van der Waals surface area contributed by atoms with Gasteiger partial charge in [0.2, 0.25) is 5.91 Å². The molecule has 1 saturated carbocycles. The SMILES string of the molecule is Cl.NC1CCC(C(=O)Nc2ccc(OCc3ccccc3)c(Br)c2)C1. The molecule has 0 aliphatic heterocycles. The summed E-state index contributed by atoms with van der Waals surface area (Å²) in [6, 6.07) is 15.7. The van der Waals surface area contributed by atoms with E-state index in [2.05, 4.69) is 21.2 Å². The van der Waals surface area contributed by atoms with Crippen LogP contribution in [0.2, 0.25) is 0 Å². The Bertz CT molecular complexity index is 712. The van der Waals surface area contributed by atoms with E-state index in [1.807, 2.05) is 48.5 Å². The number of nitrogens with one attached hydrogen (secondary N) is 1. The van der Waals surface area contributed by atoms with Crippen LogP contribution in [0.3, 0.4) is 0 Å². The largest absolute Gasteiger partial charge is 0.488 e. The zero-order chi connectivity index (χ0) is 16.9. The van der Waals surface area contributed by atoms with Crippen LogP contribution in [0.4, 0.5) is 5.69 Å². The molecule has 134 valence electrons. The Kier molecular flexibility index (Phi) is 7.29. The summed E-state index contributed by atoms with van der Waals surface area (Å²) < 4.78 is 6.64. The highest BCUT2D eigenvalue weighted by Crippen LogP contribution is 2.30. The quantitative estimate of drug-likeness (QED) is 0.740. The number of ether oxygens (including phenoxy) is 1. The van der Waals surface area contributed by atoms with Crippen LogP contribution in [-0.2, 0) is 11.4 Å². The maximum Gasteiger partial charge on any atom is 0.227 e. The maximum absolute atomic E-state index is 12.3. The molecule has 2 aromatic rings. The number of rotatable bonds is 5. The predicted molar refractivity (Wildman–Crippen MR) is 106 cm³/mol. The predicted octanol–water partition coefficient (Wildman–Crippen LogP) is 4.52. The fourth-order valence-electron chi connectivity index (χ4n) is 2.93. The molecule has 2 aromatic carbocycles. The van der Waals surface area contributed by atoms with Crippen LogP contribution in [0.25, 0.3) is 0 Å². The Morgan fingerprint density at radius 2 is 1.96 bits per heavy atom. The third-order valence-corrected chi connectivity index (χ3v) is 4.90. The molecule has 25 heavy (non-hydrogen) atoms. The monoisotopic (exact) mass is 424 g/mol. The third kappa shape index (κ3) is 5.46. The molecule has 1 fully saturated rings. The summed E-state index contributed by atoms with van der Waals surface area (Å²) in [5.41, 5.74) is 7.75. The topological polar surface area (TPSA) is 64.4 Å². The van der Waals surface area contributed by atoms with Crippen molar-refractivity contribution in [3.63, 3.8) is 0 Å². The van der Waals surface area contributed by atoms with E-state index in [4.69, 9.17) is 10.5 Å². The van der Waals surface area contributed by atoms with Crippen molar-refractivity contribution in [1.82, 2.24) is 0 Å². The van der Waals surface area contributed by atoms with Gasteiger partial charge in [0.1, 0.15) is 12.4 Å². The fourth-order valence-corrected chi connectivity index (χ4v) is 3.42. The van der Waals surface area contributed by atoms with Crippen molar-refractivity contribution in [2.45, 2.75) is 31.9 Å². The number of anilines is 1. The first-order valence-electron chi connectivity index (χ1n) is 8.14. The summed E-state index contributed by atoms with van der Waals surface area (Å²) in [6.07, 6.45) is 2.56. The highest BCUT2D eigenvalue weighted by molar-refractivity contribution is 9.10. The minimum Gasteiger partial charge on any atom is -0.488 e. The molecule has 3 N–H and O–H groups in total. The molecule has 1 amide bonds. The van der Waals surface area contributed by atoms with E-state index in [0.717, 1.165) is 40.7 Å². The van der Waals surface area contributed by atoms with Gasteiger partial charge in [-0.05, 0) is 59.0 Å². The molecule has 1 aliphatic carbocycles. The van der Waals surface area contributed by atoms with Crippen LogP contribution in [0.15, 0.2) is 53.0 Å². The molecule has 2 unspecified atom stereocenters. The first kappa shape index (κ1) is 19.8. The van der Waals surface area contributed by atoms with Gasteiger partial charge in [0.25, 0.3) is 0 Å². The first-order chi connectivity index (χ1) is 11.6. The van der Waals surface area contributed by atoms with Crippen molar-refractivity contribution in [2.75, 3.05) is 5.32 Å². The minimum absolute atomic E-state index is 0. The number of hydrogen-bond acceptors (Lipinski definition) is 3. The van der Waals surface area contributed by atoms with Gasteiger partial charge in [-0.3, -0.25) is 4.79 Å². The molecule has 0 bridgehead atoms. The van der Waals surface area contributed by atoms with Crippen LogP contribution in [0.1, 0.15) is 24.8 Å². The van der Waals surface area contributed by atoms with E-state index in [-0.39, 0.29) is 30.3 Å². The number of benzene rings is 2. The number of hydrogen-bond donors (Lipinski definition) is 2. The summed E-state index contributed by atoms with van der Waals surface area (Å²) in [7, 11) is 0. The molecule has 4 nitrogen and oxygen atoms in total. The molecule has 6 heteroatoms. The van der Waals surface area contributed by atoms with Crippen LogP contribution in [0.5, 0.6) is 5.75 Å². The lowest BCUT2D eigenvalue weighted by molar-refractivity contribution is -0.119. The number of carbonyl (C=O) groups excluding carboxylic acids is 1. The molecule has 0 spiro atoms. The molecule has 1 aliphatic rings. The average Bonchev–Trinajstić information content (AvgIpc) is 3.02. The van der Waals surface area contributed by atoms with Crippen LogP contribution in [0, 0.1) is 5.92 Å². The minimum atomic E-state index is 0. The molecule has 0 radical (unpaired) electrons. The van der Waals surface area contributed by atoms with E-state index in [9.17, 15) is 4.79 Å². The molecule has 0 aromatic heterocycles. The Labute approximate surface area is 162 Å². The maximum atomic E-state index is 12.3. The summed E-state index contributed by atoms with van der Waals surface area (Å²) >= 11 is 3.51. The number of carbonyl (C=O) groups is 1. The molecule has 3 rings (SSSR count). The van der Waals surface area contributed by atoms with Crippen LogP contribution in [-0.4, -0.2) is 11.9 Å². The summed E-state index contributed by atoms with van der Waals surface area (Å²) in [5, 5.41) is 2.97. The second-order valence-electron chi connectivity index (χ2n) is 6.18.